The average molecular weight is 315 g/mol. The zero-order valence-electron chi connectivity index (χ0n) is 12.1. The molecular formula is C13H17NO6S. The molecule has 0 fully saturated rings. The van der Waals surface area contributed by atoms with Crippen LogP contribution in [0.5, 0.6) is 0 Å². The molecule has 0 radical (unpaired) electrons. The SMILES string of the molecule is Cc1cccc(C(=O)O)c1S(=O)(=O)NC(=O)OC(C)(C)C. The van der Waals surface area contributed by atoms with Gasteiger partial charge in [0.15, 0.2) is 0 Å². The van der Waals surface area contributed by atoms with Gasteiger partial charge in [-0.25, -0.2) is 22.7 Å². The van der Waals surface area contributed by atoms with Crippen molar-refractivity contribution in [3.63, 3.8) is 0 Å². The van der Waals surface area contributed by atoms with Crippen LogP contribution < -0.4 is 4.72 Å². The Labute approximate surface area is 123 Å². The van der Waals surface area contributed by atoms with Gasteiger partial charge < -0.3 is 9.84 Å². The van der Waals surface area contributed by atoms with Gasteiger partial charge in [0.05, 0.1) is 5.56 Å². The Kier molecular flexibility index (Phi) is 4.62. The molecule has 0 spiro atoms. The zero-order valence-corrected chi connectivity index (χ0v) is 12.9. The van der Waals surface area contributed by atoms with E-state index in [0.29, 0.717) is 0 Å². The van der Waals surface area contributed by atoms with E-state index in [2.05, 4.69) is 0 Å². The van der Waals surface area contributed by atoms with Crippen molar-refractivity contribution in [2.45, 2.75) is 38.2 Å². The van der Waals surface area contributed by atoms with Crippen LogP contribution in [0.3, 0.4) is 0 Å². The van der Waals surface area contributed by atoms with E-state index in [4.69, 9.17) is 9.84 Å². The molecule has 1 rings (SSSR count). The molecule has 0 aliphatic rings. The van der Waals surface area contributed by atoms with E-state index < -0.39 is 38.1 Å². The summed E-state index contributed by atoms with van der Waals surface area (Å²) < 4.78 is 31.0. The van der Waals surface area contributed by atoms with Gasteiger partial charge in [-0.1, -0.05) is 12.1 Å². The highest BCUT2D eigenvalue weighted by Crippen LogP contribution is 2.20. The van der Waals surface area contributed by atoms with Crippen molar-refractivity contribution in [1.82, 2.24) is 4.72 Å². The van der Waals surface area contributed by atoms with Crippen LogP contribution in [0.1, 0.15) is 36.7 Å². The van der Waals surface area contributed by atoms with Crippen molar-refractivity contribution >= 4 is 22.1 Å². The minimum Gasteiger partial charge on any atom is -0.478 e. The lowest BCUT2D eigenvalue weighted by molar-refractivity contribution is 0.0568. The number of ether oxygens (including phenoxy) is 1. The standard InChI is InChI=1S/C13H17NO6S/c1-8-6-5-7-9(11(15)16)10(8)21(18,19)14-12(17)20-13(2,3)4/h5-7H,1-4H3,(H,14,17)(H,15,16). The molecule has 0 saturated carbocycles. The van der Waals surface area contributed by atoms with Crippen molar-refractivity contribution in [3.05, 3.63) is 29.3 Å². The van der Waals surface area contributed by atoms with Gasteiger partial charge in [-0.3, -0.25) is 0 Å². The predicted molar refractivity (Wildman–Crippen MR) is 74.7 cm³/mol. The van der Waals surface area contributed by atoms with E-state index >= 15 is 0 Å². The van der Waals surface area contributed by atoms with Crippen molar-refractivity contribution < 1.29 is 27.9 Å². The lowest BCUT2D eigenvalue weighted by Gasteiger charge is -2.20. The lowest BCUT2D eigenvalue weighted by Crippen LogP contribution is -2.37. The first-order chi connectivity index (χ1) is 9.44. The Morgan fingerprint density at radius 2 is 1.81 bits per heavy atom. The van der Waals surface area contributed by atoms with E-state index in [9.17, 15) is 18.0 Å². The third kappa shape index (κ3) is 4.45. The molecule has 1 aromatic carbocycles. The first-order valence-electron chi connectivity index (χ1n) is 6.03. The molecule has 1 aromatic rings. The third-order valence-electron chi connectivity index (χ3n) is 2.33. The summed E-state index contributed by atoms with van der Waals surface area (Å²) in [4.78, 5) is 22.3. The first kappa shape index (κ1) is 17.0. The van der Waals surface area contributed by atoms with E-state index in [0.717, 1.165) is 6.07 Å². The third-order valence-corrected chi connectivity index (χ3v) is 3.84. The number of sulfonamides is 1. The van der Waals surface area contributed by atoms with Gasteiger partial charge in [-0.15, -0.1) is 0 Å². The van der Waals surface area contributed by atoms with E-state index in [1.54, 1.807) is 25.5 Å². The molecule has 2 N–H and O–H groups in total. The molecule has 0 aliphatic carbocycles. The van der Waals surface area contributed by atoms with Crippen LogP contribution in [-0.4, -0.2) is 31.2 Å². The van der Waals surface area contributed by atoms with Crippen LogP contribution in [0.2, 0.25) is 0 Å². The second-order valence-corrected chi connectivity index (χ2v) is 6.98. The molecule has 1 amide bonds. The van der Waals surface area contributed by atoms with E-state index in [-0.39, 0.29) is 5.56 Å². The number of benzene rings is 1. The molecular weight excluding hydrogens is 298 g/mol. The molecule has 0 aromatic heterocycles. The van der Waals surface area contributed by atoms with Crippen LogP contribution in [0.4, 0.5) is 4.79 Å². The molecule has 0 heterocycles. The van der Waals surface area contributed by atoms with Crippen LogP contribution >= 0.6 is 0 Å². The second-order valence-electron chi connectivity index (χ2n) is 5.36. The summed E-state index contributed by atoms with van der Waals surface area (Å²) in [7, 11) is -4.34. The number of amides is 1. The Bertz CT molecular complexity index is 672. The van der Waals surface area contributed by atoms with E-state index in [1.807, 2.05) is 0 Å². The molecule has 116 valence electrons. The van der Waals surface area contributed by atoms with Crippen LogP contribution in [0.25, 0.3) is 0 Å². The van der Waals surface area contributed by atoms with Gasteiger partial charge in [-0.05, 0) is 39.3 Å². The fourth-order valence-electron chi connectivity index (χ4n) is 1.64. The van der Waals surface area contributed by atoms with Crippen molar-refractivity contribution in [3.8, 4) is 0 Å². The molecule has 0 aliphatic heterocycles. The maximum atomic E-state index is 12.2. The molecule has 0 unspecified atom stereocenters. The fraction of sp³-hybridized carbons (Fsp3) is 0.385. The fourth-order valence-corrected chi connectivity index (χ4v) is 2.94. The lowest BCUT2D eigenvalue weighted by atomic mass is 10.1. The smallest absolute Gasteiger partial charge is 0.421 e. The number of aryl methyl sites for hydroxylation is 1. The van der Waals surface area contributed by atoms with Crippen LogP contribution in [0, 0.1) is 6.92 Å². The van der Waals surface area contributed by atoms with Gasteiger partial charge in [0.25, 0.3) is 10.0 Å². The molecule has 8 heteroatoms. The summed E-state index contributed by atoms with van der Waals surface area (Å²) in [5.41, 5.74) is -1.07. The Hall–Kier alpha value is -2.09. The highest BCUT2D eigenvalue weighted by molar-refractivity contribution is 7.90. The number of rotatable bonds is 3. The number of carbonyl (C=O) groups is 2. The molecule has 7 nitrogen and oxygen atoms in total. The number of carboxylic acid groups (broad SMARTS) is 1. The summed E-state index contributed by atoms with van der Waals surface area (Å²) in [6, 6.07) is 4.01. The number of hydrogen-bond donors (Lipinski definition) is 2. The molecule has 0 bridgehead atoms. The minimum absolute atomic E-state index is 0.214. The van der Waals surface area contributed by atoms with E-state index in [1.165, 1.54) is 19.1 Å². The summed E-state index contributed by atoms with van der Waals surface area (Å²) in [5.74, 6) is -1.40. The number of aromatic carboxylic acids is 1. The maximum Gasteiger partial charge on any atom is 0.421 e. The van der Waals surface area contributed by atoms with Gasteiger partial charge in [0, 0.05) is 0 Å². The van der Waals surface area contributed by atoms with Gasteiger partial charge >= 0.3 is 12.1 Å². The quantitative estimate of drug-likeness (QED) is 0.881. The largest absolute Gasteiger partial charge is 0.478 e. The number of nitrogens with one attached hydrogen (secondary N) is 1. The van der Waals surface area contributed by atoms with Gasteiger partial charge in [-0.2, -0.15) is 0 Å². The topological polar surface area (TPSA) is 110 Å². The van der Waals surface area contributed by atoms with Gasteiger partial charge in [0.2, 0.25) is 0 Å². The zero-order chi connectivity index (χ0) is 16.4. The normalized spacial score (nSPS) is 11.8. The highest BCUT2D eigenvalue weighted by Gasteiger charge is 2.28. The van der Waals surface area contributed by atoms with Crippen molar-refractivity contribution in [1.29, 1.82) is 0 Å². The number of carbonyl (C=O) groups excluding carboxylic acids is 1. The summed E-state index contributed by atoms with van der Waals surface area (Å²) in [5, 5.41) is 9.07. The second kappa shape index (κ2) is 5.72. The first-order valence-corrected chi connectivity index (χ1v) is 7.51. The molecule has 21 heavy (non-hydrogen) atoms. The molecule has 0 saturated heterocycles. The van der Waals surface area contributed by atoms with Crippen molar-refractivity contribution in [2.24, 2.45) is 0 Å². The number of carboxylic acids is 1. The predicted octanol–water partition coefficient (Wildman–Crippen LogP) is 1.91. The Balaban J connectivity index is 3.21. The van der Waals surface area contributed by atoms with Crippen LogP contribution in [-0.2, 0) is 14.8 Å². The Morgan fingerprint density at radius 1 is 1.24 bits per heavy atom. The Morgan fingerprint density at radius 3 is 2.29 bits per heavy atom. The monoisotopic (exact) mass is 315 g/mol. The number of hydrogen-bond acceptors (Lipinski definition) is 5. The van der Waals surface area contributed by atoms with Crippen molar-refractivity contribution in [2.75, 3.05) is 0 Å². The maximum absolute atomic E-state index is 12.2. The van der Waals surface area contributed by atoms with Gasteiger partial charge in [0.1, 0.15) is 10.5 Å². The summed E-state index contributed by atoms with van der Waals surface area (Å²) in [6.07, 6.45) is -1.16. The average Bonchev–Trinajstić information content (AvgIpc) is 2.24. The highest BCUT2D eigenvalue weighted by atomic mass is 32.2. The molecule has 0 atom stereocenters. The summed E-state index contributed by atoms with van der Waals surface area (Å²) in [6.45, 7) is 6.18. The summed E-state index contributed by atoms with van der Waals surface area (Å²) >= 11 is 0. The van der Waals surface area contributed by atoms with Crippen LogP contribution in [0.15, 0.2) is 23.1 Å². The minimum atomic E-state index is -4.34.